The Hall–Kier alpha value is -1.72. The Morgan fingerprint density at radius 2 is 1.83 bits per heavy atom. The Kier molecular flexibility index (Phi) is 5.63. The molecule has 1 saturated heterocycles. The SMILES string of the molecule is O=C(NCc1ccccc1C[NH+]1CCCC1)c1ccc(Br)cc1F. The predicted octanol–water partition coefficient (Wildman–Crippen LogP) is 2.70. The molecule has 126 valence electrons. The number of rotatable bonds is 5. The third-order valence-electron chi connectivity index (χ3n) is 4.48. The molecular formula is C19H21BrFN2O+. The van der Waals surface area contributed by atoms with Gasteiger partial charge in [-0.1, -0.05) is 40.2 Å². The highest BCUT2D eigenvalue weighted by Gasteiger charge is 2.17. The van der Waals surface area contributed by atoms with E-state index in [1.54, 1.807) is 11.0 Å². The molecule has 3 nitrogen and oxygen atoms in total. The minimum atomic E-state index is -0.517. The molecule has 0 bridgehead atoms. The van der Waals surface area contributed by atoms with Gasteiger partial charge in [0.05, 0.1) is 18.7 Å². The highest BCUT2D eigenvalue weighted by molar-refractivity contribution is 9.10. The fourth-order valence-electron chi connectivity index (χ4n) is 3.17. The number of hydrogen-bond acceptors (Lipinski definition) is 1. The lowest BCUT2D eigenvalue weighted by atomic mass is 10.1. The van der Waals surface area contributed by atoms with Crippen molar-refractivity contribution in [2.24, 2.45) is 0 Å². The molecule has 0 radical (unpaired) electrons. The van der Waals surface area contributed by atoms with E-state index in [9.17, 15) is 9.18 Å². The third-order valence-corrected chi connectivity index (χ3v) is 4.98. The fraction of sp³-hybridized carbons (Fsp3) is 0.316. The summed E-state index contributed by atoms with van der Waals surface area (Å²) in [6.45, 7) is 3.83. The molecule has 1 heterocycles. The maximum atomic E-state index is 13.9. The zero-order valence-corrected chi connectivity index (χ0v) is 15.0. The predicted molar refractivity (Wildman–Crippen MR) is 95.3 cm³/mol. The summed E-state index contributed by atoms with van der Waals surface area (Å²) in [5.74, 6) is -0.903. The first-order valence-corrected chi connectivity index (χ1v) is 9.06. The molecule has 3 rings (SSSR count). The van der Waals surface area contributed by atoms with Crippen LogP contribution in [0.4, 0.5) is 4.39 Å². The minimum absolute atomic E-state index is 0.0702. The van der Waals surface area contributed by atoms with Crippen LogP contribution >= 0.6 is 15.9 Å². The average molecular weight is 392 g/mol. The van der Waals surface area contributed by atoms with Crippen LogP contribution in [0.1, 0.15) is 34.3 Å². The van der Waals surface area contributed by atoms with Crippen molar-refractivity contribution in [3.8, 4) is 0 Å². The summed E-state index contributed by atoms with van der Waals surface area (Å²) in [7, 11) is 0. The highest BCUT2D eigenvalue weighted by Crippen LogP contribution is 2.15. The van der Waals surface area contributed by atoms with E-state index >= 15 is 0 Å². The Bertz CT molecular complexity index is 729. The average Bonchev–Trinajstić information content (AvgIpc) is 3.07. The van der Waals surface area contributed by atoms with Gasteiger partial charge >= 0.3 is 0 Å². The van der Waals surface area contributed by atoms with E-state index < -0.39 is 5.82 Å². The highest BCUT2D eigenvalue weighted by atomic mass is 79.9. The van der Waals surface area contributed by atoms with Crippen LogP contribution in [0, 0.1) is 5.82 Å². The van der Waals surface area contributed by atoms with Gasteiger partial charge in [0.2, 0.25) is 0 Å². The molecule has 0 unspecified atom stereocenters. The van der Waals surface area contributed by atoms with Gasteiger partial charge < -0.3 is 10.2 Å². The van der Waals surface area contributed by atoms with Crippen LogP contribution in [0.25, 0.3) is 0 Å². The number of halogens is 2. The number of hydrogen-bond donors (Lipinski definition) is 2. The molecule has 2 N–H and O–H groups in total. The number of nitrogens with one attached hydrogen (secondary N) is 2. The van der Waals surface area contributed by atoms with Crippen LogP contribution in [0.2, 0.25) is 0 Å². The Labute approximate surface area is 150 Å². The van der Waals surface area contributed by atoms with E-state index in [0.29, 0.717) is 11.0 Å². The molecule has 0 spiro atoms. The molecule has 1 fully saturated rings. The first-order chi connectivity index (χ1) is 11.6. The van der Waals surface area contributed by atoms with E-state index in [1.165, 1.54) is 43.6 Å². The minimum Gasteiger partial charge on any atom is -0.348 e. The van der Waals surface area contributed by atoms with Crippen LogP contribution in [-0.4, -0.2) is 19.0 Å². The van der Waals surface area contributed by atoms with Gasteiger partial charge in [-0.05, 0) is 23.8 Å². The maximum absolute atomic E-state index is 13.9. The summed E-state index contributed by atoms with van der Waals surface area (Å²) < 4.78 is 14.5. The van der Waals surface area contributed by atoms with Crippen molar-refractivity contribution >= 4 is 21.8 Å². The first kappa shape index (κ1) is 17.1. The molecule has 1 aliphatic rings. The summed E-state index contributed by atoms with van der Waals surface area (Å²) >= 11 is 3.20. The second-order valence-electron chi connectivity index (χ2n) is 6.21. The quantitative estimate of drug-likeness (QED) is 0.806. The molecule has 5 heteroatoms. The van der Waals surface area contributed by atoms with Crippen LogP contribution in [0.3, 0.4) is 0 Å². The zero-order chi connectivity index (χ0) is 16.9. The smallest absolute Gasteiger partial charge is 0.254 e. The summed E-state index contributed by atoms with van der Waals surface area (Å²) in [5.41, 5.74) is 2.43. The number of carbonyl (C=O) groups is 1. The first-order valence-electron chi connectivity index (χ1n) is 8.27. The molecule has 0 atom stereocenters. The lowest BCUT2D eigenvalue weighted by molar-refractivity contribution is -0.901. The molecule has 0 aromatic heterocycles. The number of amides is 1. The number of benzene rings is 2. The third kappa shape index (κ3) is 4.22. The monoisotopic (exact) mass is 391 g/mol. The molecule has 0 saturated carbocycles. The van der Waals surface area contributed by atoms with Crippen LogP contribution in [0.5, 0.6) is 0 Å². The summed E-state index contributed by atoms with van der Waals surface area (Å²) in [5, 5.41) is 2.84. The van der Waals surface area contributed by atoms with Crippen molar-refractivity contribution in [1.82, 2.24) is 5.32 Å². The van der Waals surface area contributed by atoms with Gasteiger partial charge in [0, 0.05) is 29.4 Å². The molecule has 2 aromatic carbocycles. The van der Waals surface area contributed by atoms with E-state index in [-0.39, 0.29) is 11.5 Å². The van der Waals surface area contributed by atoms with Gasteiger partial charge in [0.1, 0.15) is 12.4 Å². The van der Waals surface area contributed by atoms with Crippen molar-refractivity contribution < 1.29 is 14.1 Å². The van der Waals surface area contributed by atoms with Crippen LogP contribution < -0.4 is 10.2 Å². The standard InChI is InChI=1S/C19H20BrFN2O/c20-16-7-8-17(18(21)11-16)19(24)22-12-14-5-1-2-6-15(14)13-23-9-3-4-10-23/h1-2,5-8,11H,3-4,9-10,12-13H2,(H,22,24)/p+1. The van der Waals surface area contributed by atoms with Gasteiger partial charge in [-0.2, -0.15) is 0 Å². The molecular weight excluding hydrogens is 371 g/mol. The van der Waals surface area contributed by atoms with Crippen molar-refractivity contribution in [3.05, 3.63) is 69.4 Å². The van der Waals surface area contributed by atoms with Gasteiger partial charge in [-0.15, -0.1) is 0 Å². The van der Waals surface area contributed by atoms with Crippen LogP contribution in [-0.2, 0) is 13.1 Å². The van der Waals surface area contributed by atoms with Gasteiger partial charge in [0.25, 0.3) is 5.91 Å². The van der Waals surface area contributed by atoms with Crippen molar-refractivity contribution in [1.29, 1.82) is 0 Å². The molecule has 1 aliphatic heterocycles. The number of quaternary nitrogens is 1. The Morgan fingerprint density at radius 1 is 1.12 bits per heavy atom. The van der Waals surface area contributed by atoms with E-state index in [0.717, 1.165) is 12.1 Å². The molecule has 2 aromatic rings. The van der Waals surface area contributed by atoms with Crippen molar-refractivity contribution in [3.63, 3.8) is 0 Å². The Morgan fingerprint density at radius 3 is 2.54 bits per heavy atom. The zero-order valence-electron chi connectivity index (χ0n) is 13.4. The molecule has 1 amide bonds. The largest absolute Gasteiger partial charge is 0.348 e. The fourth-order valence-corrected chi connectivity index (χ4v) is 3.50. The van der Waals surface area contributed by atoms with E-state index in [1.807, 2.05) is 18.2 Å². The van der Waals surface area contributed by atoms with Crippen LogP contribution in [0.15, 0.2) is 46.9 Å². The number of likely N-dealkylation sites (tertiary alicyclic amines) is 1. The van der Waals surface area contributed by atoms with E-state index in [4.69, 9.17) is 0 Å². The van der Waals surface area contributed by atoms with E-state index in [2.05, 4.69) is 27.3 Å². The molecule has 0 aliphatic carbocycles. The Balaban J connectivity index is 1.66. The number of carbonyl (C=O) groups excluding carboxylic acids is 1. The lowest BCUT2D eigenvalue weighted by Gasteiger charge is -2.15. The van der Waals surface area contributed by atoms with Gasteiger partial charge in [0.15, 0.2) is 0 Å². The summed E-state index contributed by atoms with van der Waals surface area (Å²) in [6, 6.07) is 12.6. The molecule has 24 heavy (non-hydrogen) atoms. The maximum Gasteiger partial charge on any atom is 0.254 e. The topological polar surface area (TPSA) is 33.5 Å². The van der Waals surface area contributed by atoms with Gasteiger partial charge in [-0.25, -0.2) is 4.39 Å². The summed E-state index contributed by atoms with van der Waals surface area (Å²) in [4.78, 5) is 13.8. The van der Waals surface area contributed by atoms with Crippen molar-refractivity contribution in [2.45, 2.75) is 25.9 Å². The van der Waals surface area contributed by atoms with Gasteiger partial charge in [-0.3, -0.25) is 4.79 Å². The second-order valence-corrected chi connectivity index (χ2v) is 7.13. The lowest BCUT2D eigenvalue weighted by Crippen LogP contribution is -3.08. The normalized spacial score (nSPS) is 14.8. The summed E-state index contributed by atoms with van der Waals surface area (Å²) in [6.07, 6.45) is 2.58. The second kappa shape index (κ2) is 7.90. The van der Waals surface area contributed by atoms with Crippen molar-refractivity contribution in [2.75, 3.05) is 13.1 Å².